The number of benzene rings is 2. The normalized spacial score (nSPS) is 10.9. The van der Waals surface area contributed by atoms with E-state index in [1.54, 1.807) is 6.08 Å². The summed E-state index contributed by atoms with van der Waals surface area (Å²) in [4.78, 5) is 12.4. The van der Waals surface area contributed by atoms with Crippen LogP contribution in [0.4, 0.5) is 17.6 Å². The number of nitrogens with two attached hydrogens (primary N) is 1. The summed E-state index contributed by atoms with van der Waals surface area (Å²) in [5.74, 6) is 0.567. The Balaban J connectivity index is 1.96. The SMILES string of the molecule is N#CC(=Cc1ccccc1)c1nc(N)nc(Nc2ccccc2)n1. The molecular weight excluding hydrogens is 300 g/mol. The second kappa shape index (κ2) is 7.03. The molecule has 3 aromatic rings. The van der Waals surface area contributed by atoms with Gasteiger partial charge in [-0.25, -0.2) is 0 Å². The highest BCUT2D eigenvalue weighted by Gasteiger charge is 2.10. The van der Waals surface area contributed by atoms with Crippen LogP contribution in [0.1, 0.15) is 11.4 Å². The molecule has 3 rings (SSSR count). The molecule has 0 saturated heterocycles. The number of para-hydroxylation sites is 1. The molecule has 24 heavy (non-hydrogen) atoms. The summed E-state index contributed by atoms with van der Waals surface area (Å²) in [7, 11) is 0. The molecule has 1 heterocycles. The van der Waals surface area contributed by atoms with E-state index in [2.05, 4.69) is 26.3 Å². The first-order valence-corrected chi connectivity index (χ1v) is 7.25. The van der Waals surface area contributed by atoms with E-state index in [0.717, 1.165) is 11.3 Å². The fourth-order valence-electron chi connectivity index (χ4n) is 2.08. The van der Waals surface area contributed by atoms with Gasteiger partial charge in [0, 0.05) is 5.69 Å². The number of rotatable bonds is 4. The van der Waals surface area contributed by atoms with E-state index in [4.69, 9.17) is 5.73 Å². The Morgan fingerprint density at radius 3 is 2.29 bits per heavy atom. The van der Waals surface area contributed by atoms with Crippen LogP contribution in [-0.2, 0) is 0 Å². The summed E-state index contributed by atoms with van der Waals surface area (Å²) in [5.41, 5.74) is 7.77. The summed E-state index contributed by atoms with van der Waals surface area (Å²) >= 11 is 0. The van der Waals surface area contributed by atoms with Crippen molar-refractivity contribution < 1.29 is 0 Å². The van der Waals surface area contributed by atoms with E-state index in [-0.39, 0.29) is 17.7 Å². The lowest BCUT2D eigenvalue weighted by Gasteiger charge is -2.06. The monoisotopic (exact) mass is 314 g/mol. The third kappa shape index (κ3) is 3.72. The minimum atomic E-state index is 0.0487. The summed E-state index contributed by atoms with van der Waals surface area (Å²) in [5, 5.41) is 12.5. The quantitative estimate of drug-likeness (QED) is 0.717. The van der Waals surface area contributed by atoms with E-state index < -0.39 is 0 Å². The predicted octanol–water partition coefficient (Wildman–Crippen LogP) is 3.26. The van der Waals surface area contributed by atoms with Gasteiger partial charge in [0.2, 0.25) is 11.9 Å². The van der Waals surface area contributed by atoms with Crippen LogP contribution in [-0.4, -0.2) is 15.0 Å². The van der Waals surface area contributed by atoms with Gasteiger partial charge in [0.1, 0.15) is 6.07 Å². The lowest BCUT2D eigenvalue weighted by molar-refractivity contribution is 1.04. The number of hydrogen-bond donors (Lipinski definition) is 2. The number of nitrogens with zero attached hydrogens (tertiary/aromatic N) is 4. The maximum absolute atomic E-state index is 9.43. The highest BCUT2D eigenvalue weighted by Crippen LogP contribution is 2.18. The smallest absolute Gasteiger partial charge is 0.232 e. The van der Waals surface area contributed by atoms with Crippen molar-refractivity contribution in [1.29, 1.82) is 5.26 Å². The van der Waals surface area contributed by atoms with E-state index in [1.807, 2.05) is 60.7 Å². The molecule has 0 amide bonds. The lowest BCUT2D eigenvalue weighted by atomic mass is 10.1. The molecule has 116 valence electrons. The molecule has 3 N–H and O–H groups in total. The van der Waals surface area contributed by atoms with Crippen LogP contribution in [0.5, 0.6) is 0 Å². The Labute approximate surface area is 139 Å². The van der Waals surface area contributed by atoms with Crippen LogP contribution in [0.3, 0.4) is 0 Å². The van der Waals surface area contributed by atoms with Crippen molar-refractivity contribution in [2.45, 2.75) is 0 Å². The van der Waals surface area contributed by atoms with Gasteiger partial charge in [0.25, 0.3) is 0 Å². The molecule has 0 radical (unpaired) electrons. The number of anilines is 3. The van der Waals surface area contributed by atoms with Gasteiger partial charge in [-0.05, 0) is 23.8 Å². The first-order chi connectivity index (χ1) is 11.7. The van der Waals surface area contributed by atoms with Gasteiger partial charge in [-0.2, -0.15) is 20.2 Å². The van der Waals surface area contributed by atoms with Crippen LogP contribution >= 0.6 is 0 Å². The minimum Gasteiger partial charge on any atom is -0.368 e. The molecule has 0 bridgehead atoms. The van der Waals surface area contributed by atoms with Crippen molar-refractivity contribution in [2.24, 2.45) is 0 Å². The van der Waals surface area contributed by atoms with Gasteiger partial charge in [0.05, 0.1) is 5.57 Å². The fourth-order valence-corrected chi connectivity index (χ4v) is 2.08. The first-order valence-electron chi connectivity index (χ1n) is 7.25. The van der Waals surface area contributed by atoms with E-state index in [9.17, 15) is 5.26 Å². The van der Waals surface area contributed by atoms with E-state index in [0.29, 0.717) is 5.57 Å². The minimum absolute atomic E-state index is 0.0487. The highest BCUT2D eigenvalue weighted by molar-refractivity contribution is 5.87. The Hall–Kier alpha value is -3.72. The van der Waals surface area contributed by atoms with Crippen molar-refractivity contribution in [1.82, 2.24) is 15.0 Å². The molecule has 0 fully saturated rings. The maximum Gasteiger partial charge on any atom is 0.232 e. The van der Waals surface area contributed by atoms with Crippen molar-refractivity contribution >= 4 is 29.2 Å². The lowest BCUT2D eigenvalue weighted by Crippen LogP contribution is -2.06. The van der Waals surface area contributed by atoms with Crippen molar-refractivity contribution in [3.8, 4) is 6.07 Å². The molecule has 0 atom stereocenters. The molecular formula is C18H14N6. The number of nitrogen functional groups attached to an aromatic ring is 1. The van der Waals surface area contributed by atoms with E-state index >= 15 is 0 Å². The summed E-state index contributed by atoms with van der Waals surface area (Å²) in [6.45, 7) is 0. The average molecular weight is 314 g/mol. The number of nitrogens with one attached hydrogen (secondary N) is 1. The summed E-state index contributed by atoms with van der Waals surface area (Å²) in [6.07, 6.45) is 1.71. The molecule has 6 heteroatoms. The molecule has 0 unspecified atom stereocenters. The molecule has 0 saturated carbocycles. The maximum atomic E-state index is 9.43. The molecule has 0 aliphatic carbocycles. The van der Waals surface area contributed by atoms with Gasteiger partial charge in [-0.1, -0.05) is 48.5 Å². The van der Waals surface area contributed by atoms with Crippen LogP contribution < -0.4 is 11.1 Å². The Bertz CT molecular complexity index is 898. The molecule has 6 nitrogen and oxygen atoms in total. The molecule has 0 aliphatic rings. The fraction of sp³-hybridized carbons (Fsp3) is 0. The van der Waals surface area contributed by atoms with Gasteiger partial charge < -0.3 is 11.1 Å². The Morgan fingerprint density at radius 1 is 0.958 bits per heavy atom. The molecule has 1 aromatic heterocycles. The van der Waals surface area contributed by atoms with Crippen molar-refractivity contribution in [3.63, 3.8) is 0 Å². The van der Waals surface area contributed by atoms with E-state index in [1.165, 1.54) is 0 Å². The zero-order valence-corrected chi connectivity index (χ0v) is 12.7. The van der Waals surface area contributed by atoms with Gasteiger partial charge in [-0.15, -0.1) is 0 Å². The van der Waals surface area contributed by atoms with Crippen LogP contribution in [0, 0.1) is 11.3 Å². The molecule has 2 aromatic carbocycles. The zero-order valence-electron chi connectivity index (χ0n) is 12.7. The third-order valence-electron chi connectivity index (χ3n) is 3.15. The standard InChI is InChI=1S/C18H14N6/c19-12-14(11-13-7-3-1-4-8-13)16-22-17(20)24-18(23-16)21-15-9-5-2-6-10-15/h1-11H,(H3,20,21,22,23,24). The largest absolute Gasteiger partial charge is 0.368 e. The molecule has 0 spiro atoms. The third-order valence-corrected chi connectivity index (χ3v) is 3.15. The highest BCUT2D eigenvalue weighted by atomic mass is 15.2. The first kappa shape index (κ1) is 15.2. The Kier molecular flexibility index (Phi) is 4.45. The second-order valence-electron chi connectivity index (χ2n) is 4.91. The average Bonchev–Trinajstić information content (AvgIpc) is 2.61. The van der Waals surface area contributed by atoms with Crippen LogP contribution in [0.15, 0.2) is 60.7 Å². The van der Waals surface area contributed by atoms with Gasteiger partial charge in [0.15, 0.2) is 5.82 Å². The predicted molar refractivity (Wildman–Crippen MR) is 93.9 cm³/mol. The topological polar surface area (TPSA) is 101 Å². The number of aromatic nitrogens is 3. The number of nitriles is 1. The summed E-state index contributed by atoms with van der Waals surface area (Å²) < 4.78 is 0. The summed E-state index contributed by atoms with van der Waals surface area (Å²) in [6, 6.07) is 21.1. The van der Waals surface area contributed by atoms with Gasteiger partial charge in [-0.3, -0.25) is 0 Å². The zero-order chi connectivity index (χ0) is 16.8. The van der Waals surface area contributed by atoms with Crippen molar-refractivity contribution in [3.05, 3.63) is 72.1 Å². The molecule has 0 aliphatic heterocycles. The van der Waals surface area contributed by atoms with Crippen LogP contribution in [0.25, 0.3) is 11.6 Å². The van der Waals surface area contributed by atoms with Crippen LogP contribution in [0.2, 0.25) is 0 Å². The Morgan fingerprint density at radius 2 is 1.62 bits per heavy atom. The number of hydrogen-bond acceptors (Lipinski definition) is 6. The van der Waals surface area contributed by atoms with Crippen molar-refractivity contribution in [2.75, 3.05) is 11.1 Å². The second-order valence-corrected chi connectivity index (χ2v) is 4.91. The number of allylic oxidation sites excluding steroid dienone is 1. The van der Waals surface area contributed by atoms with Gasteiger partial charge >= 0.3 is 0 Å².